The fourth-order valence-corrected chi connectivity index (χ4v) is 2.40. The molecule has 0 saturated heterocycles. The predicted octanol–water partition coefficient (Wildman–Crippen LogP) is 2.45. The zero-order valence-electron chi connectivity index (χ0n) is 10.0. The summed E-state index contributed by atoms with van der Waals surface area (Å²) in [5, 5.41) is 10.6. The lowest BCUT2D eigenvalue weighted by Crippen LogP contribution is -2.35. The Kier molecular flexibility index (Phi) is 2.66. The fraction of sp³-hybridized carbons (Fsp3) is 0.615. The van der Waals surface area contributed by atoms with Gasteiger partial charge in [-0.2, -0.15) is 0 Å². The molecule has 1 saturated carbocycles. The van der Waals surface area contributed by atoms with Crippen LogP contribution in [0.4, 0.5) is 5.69 Å². The third kappa shape index (κ3) is 2.05. The number of hydrogen-bond acceptors (Lipinski definition) is 3. The SMILES string of the molecule is CC1(C)CCC(O)(c2cnccc2N)CC1. The highest BCUT2D eigenvalue weighted by Crippen LogP contribution is 2.46. The number of nitrogens with zero attached hydrogens (tertiary/aromatic N) is 1. The summed E-state index contributed by atoms with van der Waals surface area (Å²) in [5.74, 6) is 0. The van der Waals surface area contributed by atoms with Crippen molar-refractivity contribution in [2.45, 2.75) is 45.1 Å². The van der Waals surface area contributed by atoms with E-state index in [1.807, 2.05) is 0 Å². The number of anilines is 1. The first-order valence-electron chi connectivity index (χ1n) is 5.85. The summed E-state index contributed by atoms with van der Waals surface area (Å²) in [7, 11) is 0. The Morgan fingerprint density at radius 1 is 1.25 bits per heavy atom. The number of nitrogens with two attached hydrogens (primary N) is 1. The van der Waals surface area contributed by atoms with Crippen molar-refractivity contribution in [3.8, 4) is 0 Å². The van der Waals surface area contributed by atoms with Crippen LogP contribution in [0.5, 0.6) is 0 Å². The summed E-state index contributed by atoms with van der Waals surface area (Å²) >= 11 is 0. The Morgan fingerprint density at radius 3 is 2.44 bits per heavy atom. The van der Waals surface area contributed by atoms with Crippen LogP contribution in [-0.2, 0) is 5.60 Å². The molecule has 1 aliphatic carbocycles. The van der Waals surface area contributed by atoms with Gasteiger partial charge in [-0.25, -0.2) is 0 Å². The van der Waals surface area contributed by atoms with E-state index in [1.165, 1.54) is 0 Å². The van der Waals surface area contributed by atoms with Crippen LogP contribution in [-0.4, -0.2) is 10.1 Å². The maximum Gasteiger partial charge on any atom is 0.0931 e. The minimum absolute atomic E-state index is 0.337. The zero-order chi connectivity index (χ0) is 11.8. The van der Waals surface area contributed by atoms with Crippen molar-refractivity contribution in [3.63, 3.8) is 0 Å². The standard InChI is InChI=1S/C13H20N2O/c1-12(2)4-6-13(16,7-5-12)10-9-15-8-3-11(10)14/h3,8-9,16H,4-7H2,1-2H3,(H2,14,15). The van der Waals surface area contributed by atoms with E-state index < -0.39 is 5.60 Å². The predicted molar refractivity (Wildman–Crippen MR) is 64.8 cm³/mol. The highest BCUT2D eigenvalue weighted by atomic mass is 16.3. The van der Waals surface area contributed by atoms with Crippen molar-refractivity contribution >= 4 is 5.69 Å². The number of rotatable bonds is 1. The van der Waals surface area contributed by atoms with E-state index in [0.29, 0.717) is 11.1 Å². The molecule has 3 heteroatoms. The molecule has 1 aromatic heterocycles. The Labute approximate surface area is 96.7 Å². The molecule has 0 aliphatic heterocycles. The van der Waals surface area contributed by atoms with Gasteiger partial charge in [-0.15, -0.1) is 0 Å². The molecule has 0 radical (unpaired) electrons. The van der Waals surface area contributed by atoms with E-state index in [9.17, 15) is 5.11 Å². The van der Waals surface area contributed by atoms with Gasteiger partial charge < -0.3 is 10.8 Å². The Bertz CT molecular complexity index is 377. The Hall–Kier alpha value is -1.09. The number of aliphatic hydroxyl groups is 1. The number of aromatic nitrogens is 1. The molecule has 1 heterocycles. The molecule has 1 fully saturated rings. The van der Waals surface area contributed by atoms with E-state index in [2.05, 4.69) is 18.8 Å². The van der Waals surface area contributed by atoms with Crippen LogP contribution in [0.3, 0.4) is 0 Å². The van der Waals surface area contributed by atoms with Crippen LogP contribution in [0.25, 0.3) is 0 Å². The summed E-state index contributed by atoms with van der Waals surface area (Å²) in [6, 6.07) is 1.76. The van der Waals surface area contributed by atoms with Crippen LogP contribution < -0.4 is 5.73 Å². The fourth-order valence-electron chi connectivity index (χ4n) is 2.40. The van der Waals surface area contributed by atoms with Gasteiger partial charge in [-0.05, 0) is 37.2 Å². The Balaban J connectivity index is 2.25. The number of hydrogen-bond donors (Lipinski definition) is 2. The van der Waals surface area contributed by atoms with Gasteiger partial charge in [0, 0.05) is 23.6 Å². The smallest absolute Gasteiger partial charge is 0.0931 e. The van der Waals surface area contributed by atoms with E-state index in [1.54, 1.807) is 18.5 Å². The second-order valence-electron chi connectivity index (χ2n) is 5.66. The van der Waals surface area contributed by atoms with Gasteiger partial charge in [0.05, 0.1) is 5.60 Å². The zero-order valence-corrected chi connectivity index (χ0v) is 10.0. The molecule has 0 unspecified atom stereocenters. The van der Waals surface area contributed by atoms with Crippen LogP contribution in [0.1, 0.15) is 45.1 Å². The van der Waals surface area contributed by atoms with Gasteiger partial charge in [0.1, 0.15) is 0 Å². The summed E-state index contributed by atoms with van der Waals surface area (Å²) < 4.78 is 0. The van der Waals surface area contributed by atoms with Crippen LogP contribution in [0.2, 0.25) is 0 Å². The van der Waals surface area contributed by atoms with E-state index >= 15 is 0 Å². The highest BCUT2D eigenvalue weighted by Gasteiger charge is 2.39. The minimum atomic E-state index is -0.770. The van der Waals surface area contributed by atoms with Gasteiger partial charge in [-0.3, -0.25) is 4.98 Å². The van der Waals surface area contributed by atoms with E-state index in [4.69, 9.17) is 5.73 Å². The normalized spacial score (nSPS) is 22.9. The summed E-state index contributed by atoms with van der Waals surface area (Å²) in [6.45, 7) is 4.50. The molecule has 16 heavy (non-hydrogen) atoms. The van der Waals surface area contributed by atoms with Gasteiger partial charge in [-0.1, -0.05) is 13.8 Å². The van der Waals surface area contributed by atoms with E-state index in [-0.39, 0.29) is 0 Å². The monoisotopic (exact) mass is 220 g/mol. The van der Waals surface area contributed by atoms with Crippen molar-refractivity contribution in [2.24, 2.45) is 5.41 Å². The highest BCUT2D eigenvalue weighted by molar-refractivity contribution is 5.47. The summed E-state index contributed by atoms with van der Waals surface area (Å²) in [4.78, 5) is 4.06. The maximum atomic E-state index is 10.6. The largest absolute Gasteiger partial charge is 0.398 e. The van der Waals surface area contributed by atoms with Crippen molar-refractivity contribution < 1.29 is 5.11 Å². The van der Waals surface area contributed by atoms with Crippen LogP contribution >= 0.6 is 0 Å². The first kappa shape index (κ1) is 11.4. The molecular formula is C13H20N2O. The van der Waals surface area contributed by atoms with Crippen molar-refractivity contribution in [3.05, 3.63) is 24.0 Å². The Morgan fingerprint density at radius 2 is 1.88 bits per heavy atom. The third-order valence-corrected chi connectivity index (χ3v) is 3.79. The summed E-state index contributed by atoms with van der Waals surface area (Å²) in [6.07, 6.45) is 6.96. The van der Waals surface area contributed by atoms with E-state index in [0.717, 1.165) is 31.2 Å². The quantitative estimate of drug-likeness (QED) is 0.764. The topological polar surface area (TPSA) is 59.1 Å². The molecule has 1 aromatic rings. The second-order valence-corrected chi connectivity index (χ2v) is 5.66. The number of nitrogen functional groups attached to an aromatic ring is 1. The number of pyridine rings is 1. The molecule has 0 bridgehead atoms. The first-order valence-corrected chi connectivity index (χ1v) is 5.85. The summed E-state index contributed by atoms with van der Waals surface area (Å²) in [5.41, 5.74) is 6.92. The molecule has 88 valence electrons. The first-order chi connectivity index (χ1) is 7.43. The molecule has 3 N–H and O–H groups in total. The van der Waals surface area contributed by atoms with Gasteiger partial charge in [0.15, 0.2) is 0 Å². The lowest BCUT2D eigenvalue weighted by atomic mass is 9.69. The molecular weight excluding hydrogens is 200 g/mol. The van der Waals surface area contributed by atoms with Gasteiger partial charge in [0.2, 0.25) is 0 Å². The molecule has 3 nitrogen and oxygen atoms in total. The lowest BCUT2D eigenvalue weighted by Gasteiger charge is -2.40. The molecule has 0 atom stereocenters. The van der Waals surface area contributed by atoms with Crippen molar-refractivity contribution in [1.82, 2.24) is 4.98 Å². The van der Waals surface area contributed by atoms with Gasteiger partial charge >= 0.3 is 0 Å². The molecule has 0 spiro atoms. The molecule has 0 aromatic carbocycles. The third-order valence-electron chi connectivity index (χ3n) is 3.79. The van der Waals surface area contributed by atoms with Crippen LogP contribution in [0.15, 0.2) is 18.5 Å². The minimum Gasteiger partial charge on any atom is -0.398 e. The van der Waals surface area contributed by atoms with Gasteiger partial charge in [0.25, 0.3) is 0 Å². The average Bonchev–Trinajstić information content (AvgIpc) is 2.24. The maximum absolute atomic E-state index is 10.6. The molecule has 0 amide bonds. The van der Waals surface area contributed by atoms with Crippen molar-refractivity contribution in [1.29, 1.82) is 0 Å². The molecule has 1 aliphatic rings. The van der Waals surface area contributed by atoms with Crippen molar-refractivity contribution in [2.75, 3.05) is 5.73 Å². The second kappa shape index (κ2) is 3.74. The lowest BCUT2D eigenvalue weighted by molar-refractivity contribution is -0.0302. The van der Waals surface area contributed by atoms with Crippen LogP contribution in [0, 0.1) is 5.41 Å². The molecule has 2 rings (SSSR count). The average molecular weight is 220 g/mol.